The van der Waals surface area contributed by atoms with E-state index in [4.69, 9.17) is 18.6 Å². The van der Waals surface area contributed by atoms with Gasteiger partial charge in [-0.3, -0.25) is 4.99 Å². The quantitative estimate of drug-likeness (QED) is 0.556. The van der Waals surface area contributed by atoms with E-state index in [0.717, 1.165) is 13.9 Å². The Labute approximate surface area is 114 Å². The predicted molar refractivity (Wildman–Crippen MR) is 71.3 cm³/mol. The van der Waals surface area contributed by atoms with Crippen LogP contribution in [0.2, 0.25) is 0 Å². The second kappa shape index (κ2) is 9.04. The van der Waals surface area contributed by atoms with E-state index in [2.05, 4.69) is 22.9 Å². The number of hydrogen-bond donors (Lipinski definition) is 0. The molecule has 5 heteroatoms. The molecule has 1 nitrogen and oxygen atoms in total. The van der Waals surface area contributed by atoms with E-state index in [0.29, 0.717) is 0 Å². The van der Waals surface area contributed by atoms with Crippen LogP contribution in [0.15, 0.2) is 53.3 Å². The van der Waals surface area contributed by atoms with Crippen molar-refractivity contribution >= 4 is 38.7 Å². The summed E-state index contributed by atoms with van der Waals surface area (Å²) >= 11 is -0.556. The second-order valence-corrected chi connectivity index (χ2v) is 6.57. The van der Waals surface area contributed by atoms with Crippen molar-refractivity contribution in [3.05, 3.63) is 53.6 Å². The molecule has 2 aromatic rings. The van der Waals surface area contributed by atoms with Gasteiger partial charge in [0.15, 0.2) is 0 Å². The zero-order valence-electron chi connectivity index (χ0n) is 8.40. The van der Waals surface area contributed by atoms with E-state index in [1.807, 2.05) is 36.5 Å². The fourth-order valence-electron chi connectivity index (χ4n) is 1.08. The van der Waals surface area contributed by atoms with Crippen LogP contribution in [0, 0.1) is 0 Å². The summed E-state index contributed by atoms with van der Waals surface area (Å²) in [6.07, 6.45) is 1.94. The molecule has 0 fully saturated rings. The average Bonchev–Trinajstić information content (AvgIpc) is 2.82. The van der Waals surface area contributed by atoms with Gasteiger partial charge in [0.05, 0.1) is 5.69 Å². The summed E-state index contributed by atoms with van der Waals surface area (Å²) in [6, 6.07) is 14.2. The van der Waals surface area contributed by atoms with Crippen LogP contribution >= 0.6 is 26.8 Å². The van der Waals surface area contributed by atoms with Crippen molar-refractivity contribution in [3.8, 4) is 0 Å². The van der Waals surface area contributed by atoms with E-state index < -0.39 is 17.0 Å². The Kier molecular flexibility index (Phi) is 7.93. The molecule has 0 amide bonds. The molecule has 0 saturated heterocycles. The molecular formula is C11H10Cl2NPTi. The van der Waals surface area contributed by atoms with Gasteiger partial charge in [0.1, 0.15) is 0 Å². The minimum absolute atomic E-state index is 0.556. The van der Waals surface area contributed by atoms with Crippen molar-refractivity contribution in [2.24, 2.45) is 4.99 Å². The molecule has 0 N–H and O–H groups in total. The number of para-hydroxylation sites is 1. The molecule has 0 spiro atoms. The van der Waals surface area contributed by atoms with E-state index in [1.165, 1.54) is 5.30 Å². The second-order valence-electron chi connectivity index (χ2n) is 2.79. The molecule has 82 valence electrons. The zero-order valence-corrected chi connectivity index (χ0v) is 12.5. The van der Waals surface area contributed by atoms with Gasteiger partial charge in [-0.1, -0.05) is 24.3 Å². The molecule has 1 aromatic carbocycles. The maximum absolute atomic E-state index is 4.89. The van der Waals surface area contributed by atoms with Crippen LogP contribution in [0.25, 0.3) is 0 Å². The summed E-state index contributed by atoms with van der Waals surface area (Å²) in [5.41, 5.74) is 1.01. The van der Waals surface area contributed by atoms with Crippen LogP contribution < -0.4 is 0 Å². The Morgan fingerprint density at radius 3 is 2.31 bits per heavy atom. The van der Waals surface area contributed by atoms with Gasteiger partial charge in [0.2, 0.25) is 0 Å². The Bertz CT molecular complexity index is 403. The summed E-state index contributed by atoms with van der Waals surface area (Å²) in [4.78, 5) is 4.36. The molecule has 1 unspecified atom stereocenters. The number of rotatable bonds is 2. The molecule has 16 heavy (non-hydrogen) atoms. The first-order valence-corrected chi connectivity index (χ1v) is 9.93. The number of nitrogens with zero attached hydrogens (tertiary/aromatic N) is 1. The van der Waals surface area contributed by atoms with Crippen molar-refractivity contribution in [2.45, 2.75) is 0 Å². The van der Waals surface area contributed by atoms with Crippen molar-refractivity contribution in [1.29, 1.82) is 0 Å². The van der Waals surface area contributed by atoms with Crippen LogP contribution in [0.1, 0.15) is 5.30 Å². The molecule has 0 aliphatic heterocycles. The first kappa shape index (κ1) is 14.0. The Hall–Kier alpha value is -0.0357. The molecule has 0 aliphatic rings. The number of aliphatic imine (C=N–C) groups is 1. The Morgan fingerprint density at radius 1 is 1.06 bits per heavy atom. The van der Waals surface area contributed by atoms with Crippen LogP contribution in [0.5, 0.6) is 0 Å². The number of halogens is 2. The van der Waals surface area contributed by atoms with Gasteiger partial charge in [-0.05, 0) is 24.0 Å². The molecule has 1 heterocycles. The maximum atomic E-state index is 4.89. The minimum atomic E-state index is -0.556. The molecule has 0 bridgehead atoms. The standard InChI is InChI=1S/C11H10NP.2ClH.Ti/c1-2-5-10(6-3-1)12-9-11-7-4-8-13-11;;;/h1-9,13H;2*1H;/q;;;+2/p-2. The van der Waals surface area contributed by atoms with E-state index in [9.17, 15) is 0 Å². The molecule has 1 atom stereocenters. The average molecular weight is 306 g/mol. The van der Waals surface area contributed by atoms with Gasteiger partial charge in [-0.15, -0.1) is 8.19 Å². The van der Waals surface area contributed by atoms with E-state index >= 15 is 0 Å². The van der Waals surface area contributed by atoms with E-state index in [1.54, 1.807) is 0 Å². The third-order valence-corrected chi connectivity index (χ3v) is 2.72. The summed E-state index contributed by atoms with van der Waals surface area (Å²) in [5, 5.41) is 1.30. The van der Waals surface area contributed by atoms with E-state index in [-0.39, 0.29) is 0 Å². The van der Waals surface area contributed by atoms with Crippen LogP contribution in [-0.2, 0) is 17.0 Å². The zero-order chi connectivity index (χ0) is 11.6. The molecule has 0 aliphatic carbocycles. The topological polar surface area (TPSA) is 12.4 Å². The fraction of sp³-hybridized carbons (Fsp3) is 0. The van der Waals surface area contributed by atoms with Gasteiger partial charge >= 0.3 is 35.6 Å². The molecule has 0 radical (unpaired) electrons. The first-order valence-electron chi connectivity index (χ1n) is 4.55. The van der Waals surface area contributed by atoms with Crippen LogP contribution in [-0.4, -0.2) is 6.21 Å². The van der Waals surface area contributed by atoms with Crippen molar-refractivity contribution in [1.82, 2.24) is 0 Å². The number of benzene rings is 1. The summed E-state index contributed by atoms with van der Waals surface area (Å²) in [5.74, 6) is 2.16. The summed E-state index contributed by atoms with van der Waals surface area (Å²) in [6.45, 7) is 0. The summed E-state index contributed by atoms with van der Waals surface area (Å²) in [7, 11) is 10.6. The van der Waals surface area contributed by atoms with Gasteiger partial charge < -0.3 is 0 Å². The molecular weight excluding hydrogens is 296 g/mol. The third kappa shape index (κ3) is 5.89. The van der Waals surface area contributed by atoms with Gasteiger partial charge in [0.25, 0.3) is 0 Å². The monoisotopic (exact) mass is 305 g/mol. The Morgan fingerprint density at radius 2 is 1.75 bits per heavy atom. The molecule has 2 rings (SSSR count). The van der Waals surface area contributed by atoms with Crippen LogP contribution in [0.4, 0.5) is 5.69 Å². The molecule has 0 saturated carbocycles. The van der Waals surface area contributed by atoms with Crippen molar-refractivity contribution < 1.29 is 17.0 Å². The third-order valence-electron chi connectivity index (χ3n) is 1.73. The molecule has 1 aromatic heterocycles. The van der Waals surface area contributed by atoms with Gasteiger partial charge in [-0.25, -0.2) is 0 Å². The van der Waals surface area contributed by atoms with Crippen molar-refractivity contribution in [3.63, 3.8) is 0 Å². The van der Waals surface area contributed by atoms with Crippen LogP contribution in [0.3, 0.4) is 0 Å². The normalized spacial score (nSPS) is 10.1. The summed E-state index contributed by atoms with van der Waals surface area (Å²) < 4.78 is 0. The van der Waals surface area contributed by atoms with Gasteiger partial charge in [-0.2, -0.15) is 0 Å². The SMILES string of the molecule is C(=Nc1ccccc1)c1ccc[pH]1.[Cl][Ti][Cl]. The predicted octanol–water partition coefficient (Wildman–Crippen LogP) is 4.85. The van der Waals surface area contributed by atoms with Gasteiger partial charge in [0, 0.05) is 11.5 Å². The Balaban J connectivity index is 0.000000386. The number of hydrogen-bond acceptors (Lipinski definition) is 1. The fourth-order valence-corrected chi connectivity index (χ4v) is 1.80. The first-order chi connectivity index (χ1) is 7.86. The van der Waals surface area contributed by atoms with Crippen molar-refractivity contribution in [2.75, 3.05) is 0 Å².